The molecule has 0 aliphatic rings. The smallest absolute Gasteiger partial charge is 0.182 e. The first-order valence-corrected chi connectivity index (χ1v) is 9.46. The maximum absolute atomic E-state index is 5.92. The van der Waals surface area contributed by atoms with Crippen LogP contribution in [0.4, 0.5) is 5.13 Å². The van der Waals surface area contributed by atoms with Crippen LogP contribution >= 0.6 is 38.6 Å². The quantitative estimate of drug-likeness (QED) is 0.583. The van der Waals surface area contributed by atoms with Gasteiger partial charge in [-0.15, -0.1) is 22.7 Å². The Morgan fingerprint density at radius 1 is 1.26 bits per heavy atom. The summed E-state index contributed by atoms with van der Waals surface area (Å²) in [5, 5.41) is 8.17. The lowest BCUT2D eigenvalue weighted by molar-refractivity contribution is 0.285. The molecule has 1 N–H and O–H groups in total. The fourth-order valence-corrected chi connectivity index (χ4v) is 3.79. The molecule has 0 radical (unpaired) electrons. The summed E-state index contributed by atoms with van der Waals surface area (Å²) in [4.78, 5) is 5.39. The van der Waals surface area contributed by atoms with Gasteiger partial charge in [0.1, 0.15) is 6.61 Å². The molecule has 120 valence electrons. The fourth-order valence-electron chi connectivity index (χ4n) is 2.04. The van der Waals surface area contributed by atoms with Crippen molar-refractivity contribution < 1.29 is 9.47 Å². The first-order chi connectivity index (χ1) is 11.3. The second-order valence-electron chi connectivity index (χ2n) is 4.67. The normalized spacial score (nSPS) is 10.5. The van der Waals surface area contributed by atoms with E-state index in [0.29, 0.717) is 18.9 Å². The van der Waals surface area contributed by atoms with Crippen LogP contribution in [0.1, 0.15) is 10.4 Å². The SMILES string of the molecule is COc1cc(CNc2nccs2)cc(Br)c1OCc1cccs1. The molecule has 3 rings (SSSR count). The van der Waals surface area contributed by atoms with E-state index in [-0.39, 0.29) is 0 Å². The van der Waals surface area contributed by atoms with Gasteiger partial charge in [0.15, 0.2) is 16.6 Å². The fraction of sp³-hybridized carbons (Fsp3) is 0.188. The molecule has 23 heavy (non-hydrogen) atoms. The van der Waals surface area contributed by atoms with Gasteiger partial charge < -0.3 is 14.8 Å². The van der Waals surface area contributed by atoms with Crippen molar-refractivity contribution in [1.29, 1.82) is 0 Å². The Balaban J connectivity index is 1.72. The van der Waals surface area contributed by atoms with Gasteiger partial charge in [-0.25, -0.2) is 4.98 Å². The van der Waals surface area contributed by atoms with Crippen LogP contribution in [0.3, 0.4) is 0 Å². The molecule has 4 nitrogen and oxygen atoms in total. The number of rotatable bonds is 7. The van der Waals surface area contributed by atoms with Crippen LogP contribution in [0, 0.1) is 0 Å². The number of aromatic nitrogens is 1. The maximum Gasteiger partial charge on any atom is 0.182 e. The summed E-state index contributed by atoms with van der Waals surface area (Å²) in [6.45, 7) is 1.21. The molecule has 1 aromatic carbocycles. The Labute approximate surface area is 151 Å². The number of ether oxygens (including phenoxy) is 2. The third kappa shape index (κ3) is 4.25. The summed E-state index contributed by atoms with van der Waals surface area (Å²) in [7, 11) is 1.65. The van der Waals surface area contributed by atoms with Gasteiger partial charge in [0.25, 0.3) is 0 Å². The van der Waals surface area contributed by atoms with Gasteiger partial charge in [0.05, 0.1) is 11.6 Å². The van der Waals surface area contributed by atoms with Crippen molar-refractivity contribution in [2.75, 3.05) is 12.4 Å². The predicted octanol–water partition coefficient (Wildman–Crippen LogP) is 5.17. The molecule has 0 fully saturated rings. The average molecular weight is 411 g/mol. The number of thiophene rings is 1. The molecule has 3 aromatic rings. The molecule has 0 unspecified atom stereocenters. The van der Waals surface area contributed by atoms with E-state index in [9.17, 15) is 0 Å². The monoisotopic (exact) mass is 410 g/mol. The summed E-state index contributed by atoms with van der Waals surface area (Å²) >= 11 is 6.83. The Hall–Kier alpha value is -1.57. The van der Waals surface area contributed by atoms with Crippen LogP contribution in [0.25, 0.3) is 0 Å². The second kappa shape index (κ2) is 7.81. The molecule has 0 aliphatic carbocycles. The van der Waals surface area contributed by atoms with Crippen molar-refractivity contribution in [2.24, 2.45) is 0 Å². The van der Waals surface area contributed by atoms with Crippen molar-refractivity contribution in [2.45, 2.75) is 13.2 Å². The molecular formula is C16H15BrN2O2S2. The van der Waals surface area contributed by atoms with Crippen molar-refractivity contribution in [3.63, 3.8) is 0 Å². The van der Waals surface area contributed by atoms with Crippen LogP contribution in [-0.2, 0) is 13.2 Å². The summed E-state index contributed by atoms with van der Waals surface area (Å²) in [5.74, 6) is 1.44. The number of nitrogens with zero attached hydrogens (tertiary/aromatic N) is 1. The summed E-state index contributed by atoms with van der Waals surface area (Å²) in [6.07, 6.45) is 1.78. The Kier molecular flexibility index (Phi) is 5.53. The van der Waals surface area contributed by atoms with Crippen molar-refractivity contribution in [1.82, 2.24) is 4.98 Å². The standard InChI is InChI=1S/C16H15BrN2O2S2/c1-20-14-8-11(9-19-16-18-4-6-23-16)7-13(17)15(14)21-10-12-3-2-5-22-12/h2-8H,9-10H2,1H3,(H,18,19). The van der Waals surface area contributed by atoms with Crippen molar-refractivity contribution >= 4 is 43.7 Å². The minimum atomic E-state index is 0.531. The van der Waals surface area contributed by atoms with Crippen molar-refractivity contribution in [3.8, 4) is 11.5 Å². The zero-order chi connectivity index (χ0) is 16.1. The second-order valence-corrected chi connectivity index (χ2v) is 7.45. The van der Waals surface area contributed by atoms with Crippen molar-refractivity contribution in [3.05, 3.63) is 56.1 Å². The lowest BCUT2D eigenvalue weighted by Crippen LogP contribution is -2.02. The van der Waals surface area contributed by atoms with Gasteiger partial charge in [0.2, 0.25) is 0 Å². The third-order valence-corrected chi connectivity index (χ3v) is 5.27. The van der Waals surface area contributed by atoms with Gasteiger partial charge in [0, 0.05) is 23.0 Å². The minimum absolute atomic E-state index is 0.531. The van der Waals surface area contributed by atoms with E-state index in [1.807, 2.05) is 29.0 Å². The van der Waals surface area contributed by atoms with Crippen LogP contribution in [0.15, 0.2) is 45.7 Å². The first-order valence-electron chi connectivity index (χ1n) is 6.91. The Morgan fingerprint density at radius 3 is 2.87 bits per heavy atom. The highest BCUT2D eigenvalue weighted by Gasteiger charge is 2.12. The summed E-state index contributed by atoms with van der Waals surface area (Å²) in [5.41, 5.74) is 1.09. The number of methoxy groups -OCH3 is 1. The first kappa shape index (κ1) is 16.3. The van der Waals surface area contributed by atoms with E-state index in [4.69, 9.17) is 9.47 Å². The van der Waals surface area contributed by atoms with Crippen LogP contribution in [0.5, 0.6) is 11.5 Å². The van der Waals surface area contributed by atoms with Gasteiger partial charge in [-0.1, -0.05) is 6.07 Å². The Bertz CT molecular complexity index is 746. The van der Waals surface area contributed by atoms with E-state index in [1.54, 1.807) is 36.0 Å². The number of hydrogen-bond acceptors (Lipinski definition) is 6. The topological polar surface area (TPSA) is 43.4 Å². The van der Waals surface area contributed by atoms with Crippen LogP contribution < -0.4 is 14.8 Å². The van der Waals surface area contributed by atoms with E-state index >= 15 is 0 Å². The van der Waals surface area contributed by atoms with E-state index in [2.05, 4.69) is 32.3 Å². The highest BCUT2D eigenvalue weighted by Crippen LogP contribution is 2.37. The largest absolute Gasteiger partial charge is 0.493 e. The third-order valence-electron chi connectivity index (χ3n) is 3.10. The minimum Gasteiger partial charge on any atom is -0.493 e. The van der Waals surface area contributed by atoms with Crippen LogP contribution in [0.2, 0.25) is 0 Å². The molecule has 7 heteroatoms. The molecule has 0 bridgehead atoms. The molecule has 0 amide bonds. The molecule has 2 aromatic heterocycles. The lowest BCUT2D eigenvalue weighted by Gasteiger charge is -2.14. The molecule has 2 heterocycles. The van der Waals surface area contributed by atoms with Gasteiger partial charge in [-0.05, 0) is 45.1 Å². The number of thiazole rings is 1. The molecular weight excluding hydrogens is 396 g/mol. The molecule has 0 saturated heterocycles. The summed E-state index contributed by atoms with van der Waals surface area (Å²) in [6, 6.07) is 8.09. The Morgan fingerprint density at radius 2 is 2.17 bits per heavy atom. The molecule has 0 spiro atoms. The van der Waals surface area contributed by atoms with E-state index in [0.717, 1.165) is 20.9 Å². The molecule has 0 aliphatic heterocycles. The average Bonchev–Trinajstić information content (AvgIpc) is 3.24. The number of anilines is 1. The van der Waals surface area contributed by atoms with Crippen LogP contribution in [-0.4, -0.2) is 12.1 Å². The predicted molar refractivity (Wildman–Crippen MR) is 98.8 cm³/mol. The number of halogens is 1. The number of hydrogen-bond donors (Lipinski definition) is 1. The number of benzene rings is 1. The molecule has 0 atom stereocenters. The zero-order valence-electron chi connectivity index (χ0n) is 12.4. The lowest BCUT2D eigenvalue weighted by atomic mass is 10.2. The van der Waals surface area contributed by atoms with Gasteiger partial charge >= 0.3 is 0 Å². The van der Waals surface area contributed by atoms with E-state index < -0.39 is 0 Å². The highest BCUT2D eigenvalue weighted by molar-refractivity contribution is 9.10. The van der Waals surface area contributed by atoms with Gasteiger partial charge in [-0.3, -0.25) is 0 Å². The van der Waals surface area contributed by atoms with E-state index in [1.165, 1.54) is 4.88 Å². The summed E-state index contributed by atoms with van der Waals surface area (Å²) < 4.78 is 12.3. The highest BCUT2D eigenvalue weighted by atomic mass is 79.9. The zero-order valence-corrected chi connectivity index (χ0v) is 15.6. The molecule has 0 saturated carbocycles. The van der Waals surface area contributed by atoms with Gasteiger partial charge in [-0.2, -0.15) is 0 Å². The maximum atomic E-state index is 5.92. The number of nitrogens with one attached hydrogen (secondary N) is 1.